The second kappa shape index (κ2) is 5.91. The molecule has 0 radical (unpaired) electrons. The maximum atomic E-state index is 13.0. The molecule has 0 saturated carbocycles. The lowest BCUT2D eigenvalue weighted by atomic mass is 10.2. The highest BCUT2D eigenvalue weighted by Gasteiger charge is 2.02. The van der Waals surface area contributed by atoms with E-state index in [1.807, 2.05) is 30.3 Å². The molecular weight excluding hydrogens is 191 g/mol. The Labute approximate surface area is 88.9 Å². The normalized spacial score (nSPS) is 12.0. The molecule has 0 aliphatic rings. The smallest absolute Gasteiger partial charge is 0.213 e. The Morgan fingerprint density at radius 3 is 2.60 bits per heavy atom. The van der Waals surface area contributed by atoms with Crippen molar-refractivity contribution in [1.29, 1.82) is 0 Å². The number of hydrogen-bond donors (Lipinski definition) is 0. The van der Waals surface area contributed by atoms with Gasteiger partial charge in [0.15, 0.2) is 5.83 Å². The molecule has 78 valence electrons. The third-order valence-electron chi connectivity index (χ3n) is 1.85. The van der Waals surface area contributed by atoms with Crippen LogP contribution in [0.2, 0.25) is 0 Å². The van der Waals surface area contributed by atoms with Crippen molar-refractivity contribution in [2.75, 3.05) is 0 Å². The second-order valence-electron chi connectivity index (χ2n) is 3.07. The summed E-state index contributed by atoms with van der Waals surface area (Å²) in [6.07, 6.45) is 4.65. The number of allylic oxidation sites excluding steroid dienone is 3. The predicted octanol–water partition coefficient (Wildman–Crippen LogP) is 3.53. The van der Waals surface area contributed by atoms with Crippen LogP contribution in [-0.2, 0) is 4.79 Å². The fourth-order valence-corrected chi connectivity index (χ4v) is 1.10. The van der Waals surface area contributed by atoms with Gasteiger partial charge in [-0.05, 0) is 24.1 Å². The number of rotatable bonds is 4. The molecule has 0 saturated heterocycles. The Morgan fingerprint density at radius 1 is 1.33 bits per heavy atom. The molecule has 0 aliphatic heterocycles. The average molecular weight is 204 g/mol. The van der Waals surface area contributed by atoms with Crippen molar-refractivity contribution in [3.63, 3.8) is 0 Å². The average Bonchev–Trinajstić information content (AvgIpc) is 2.27. The van der Waals surface area contributed by atoms with E-state index in [9.17, 15) is 9.18 Å². The maximum Gasteiger partial charge on any atom is 0.213 e. The largest absolute Gasteiger partial charge is 0.287 e. The molecule has 0 unspecified atom stereocenters. The van der Waals surface area contributed by atoms with Crippen LogP contribution in [0.5, 0.6) is 0 Å². The van der Waals surface area contributed by atoms with Gasteiger partial charge < -0.3 is 0 Å². The lowest BCUT2D eigenvalue weighted by Crippen LogP contribution is -1.92. The summed E-state index contributed by atoms with van der Waals surface area (Å²) in [5.41, 5.74) is 0.884. The van der Waals surface area contributed by atoms with Gasteiger partial charge in [0.2, 0.25) is 5.78 Å². The van der Waals surface area contributed by atoms with Crippen LogP contribution in [0.15, 0.2) is 48.3 Å². The van der Waals surface area contributed by atoms with Gasteiger partial charge in [-0.15, -0.1) is 0 Å². The van der Waals surface area contributed by atoms with E-state index in [0.717, 1.165) is 5.56 Å². The highest BCUT2D eigenvalue weighted by Crippen LogP contribution is 2.05. The third kappa shape index (κ3) is 3.90. The van der Waals surface area contributed by atoms with Gasteiger partial charge in [0.25, 0.3) is 0 Å². The summed E-state index contributed by atoms with van der Waals surface area (Å²) in [7, 11) is 0. The predicted molar refractivity (Wildman–Crippen MR) is 60.0 cm³/mol. The van der Waals surface area contributed by atoms with E-state index in [4.69, 9.17) is 0 Å². The van der Waals surface area contributed by atoms with Crippen molar-refractivity contribution in [2.24, 2.45) is 0 Å². The fourth-order valence-electron chi connectivity index (χ4n) is 1.10. The van der Waals surface area contributed by atoms with Crippen molar-refractivity contribution in [1.82, 2.24) is 0 Å². The fraction of sp³-hybridized carbons (Fsp3) is 0.154. The maximum absolute atomic E-state index is 13.0. The van der Waals surface area contributed by atoms with Crippen molar-refractivity contribution in [3.8, 4) is 0 Å². The number of carbonyl (C=O) groups is 1. The molecule has 1 nitrogen and oxygen atoms in total. The van der Waals surface area contributed by atoms with Crippen LogP contribution in [0.4, 0.5) is 4.39 Å². The first-order valence-electron chi connectivity index (χ1n) is 4.87. The molecule has 0 aliphatic carbocycles. The quantitative estimate of drug-likeness (QED) is 0.685. The lowest BCUT2D eigenvalue weighted by molar-refractivity contribution is -0.112. The molecule has 2 heteroatoms. The summed E-state index contributed by atoms with van der Waals surface area (Å²) in [5.74, 6) is -1.27. The van der Waals surface area contributed by atoms with Crippen LogP contribution in [0, 0.1) is 0 Å². The number of halogens is 1. The van der Waals surface area contributed by atoms with Gasteiger partial charge >= 0.3 is 0 Å². The summed E-state index contributed by atoms with van der Waals surface area (Å²) < 4.78 is 13.0. The highest BCUT2D eigenvalue weighted by atomic mass is 19.1. The van der Waals surface area contributed by atoms with Crippen molar-refractivity contribution in [3.05, 3.63) is 53.9 Å². The standard InChI is InChI=1S/C13H13FO/c1-2-6-12(14)13(15)10-9-11-7-4-3-5-8-11/h3-10H,2H2,1H3. The summed E-state index contributed by atoms with van der Waals surface area (Å²) in [4.78, 5) is 11.2. The summed E-state index contributed by atoms with van der Waals surface area (Å²) >= 11 is 0. The van der Waals surface area contributed by atoms with Crippen LogP contribution >= 0.6 is 0 Å². The van der Waals surface area contributed by atoms with E-state index < -0.39 is 11.6 Å². The number of ketones is 1. The van der Waals surface area contributed by atoms with Gasteiger partial charge in [-0.25, -0.2) is 4.39 Å². The molecule has 1 aromatic rings. The summed E-state index contributed by atoms with van der Waals surface area (Å²) in [6.45, 7) is 1.79. The van der Waals surface area contributed by atoms with Gasteiger partial charge in [-0.2, -0.15) is 0 Å². The first-order valence-corrected chi connectivity index (χ1v) is 4.87. The SMILES string of the molecule is CCC=C(F)C(=O)C=Cc1ccccc1. The Bertz CT molecular complexity index is 377. The van der Waals surface area contributed by atoms with E-state index in [1.54, 1.807) is 13.0 Å². The van der Waals surface area contributed by atoms with E-state index >= 15 is 0 Å². The van der Waals surface area contributed by atoms with E-state index in [-0.39, 0.29) is 0 Å². The van der Waals surface area contributed by atoms with Gasteiger partial charge in [-0.3, -0.25) is 4.79 Å². The molecule has 15 heavy (non-hydrogen) atoms. The minimum Gasteiger partial charge on any atom is -0.287 e. The van der Waals surface area contributed by atoms with Gasteiger partial charge in [0.1, 0.15) is 0 Å². The molecule has 0 bridgehead atoms. The monoisotopic (exact) mass is 204 g/mol. The van der Waals surface area contributed by atoms with Crippen molar-refractivity contribution >= 4 is 11.9 Å². The highest BCUT2D eigenvalue weighted by molar-refractivity contribution is 6.04. The number of carbonyl (C=O) groups excluding carboxylic acids is 1. The van der Waals surface area contributed by atoms with Crippen LogP contribution in [0.25, 0.3) is 6.08 Å². The Kier molecular flexibility index (Phi) is 4.48. The molecule has 0 N–H and O–H groups in total. The van der Waals surface area contributed by atoms with Gasteiger partial charge in [0, 0.05) is 0 Å². The molecule has 1 aromatic carbocycles. The van der Waals surface area contributed by atoms with Crippen LogP contribution in [0.1, 0.15) is 18.9 Å². The lowest BCUT2D eigenvalue weighted by Gasteiger charge is -1.91. The van der Waals surface area contributed by atoms with Gasteiger partial charge in [0.05, 0.1) is 0 Å². The Balaban J connectivity index is 2.67. The summed E-state index contributed by atoms with van der Waals surface area (Å²) in [6, 6.07) is 9.32. The molecule has 0 amide bonds. The van der Waals surface area contributed by atoms with Gasteiger partial charge in [-0.1, -0.05) is 43.3 Å². The van der Waals surface area contributed by atoms with E-state index in [1.165, 1.54) is 12.2 Å². The number of hydrogen-bond acceptors (Lipinski definition) is 1. The Morgan fingerprint density at radius 2 is 2.00 bits per heavy atom. The first kappa shape index (κ1) is 11.4. The topological polar surface area (TPSA) is 17.1 Å². The van der Waals surface area contributed by atoms with Crippen LogP contribution < -0.4 is 0 Å². The molecule has 0 heterocycles. The molecule has 0 fully saturated rings. The second-order valence-corrected chi connectivity index (χ2v) is 3.07. The van der Waals surface area contributed by atoms with E-state index in [0.29, 0.717) is 6.42 Å². The van der Waals surface area contributed by atoms with E-state index in [2.05, 4.69) is 0 Å². The summed E-state index contributed by atoms with van der Waals surface area (Å²) in [5, 5.41) is 0. The number of benzene rings is 1. The molecular formula is C13H13FO. The molecule has 0 spiro atoms. The van der Waals surface area contributed by atoms with Crippen molar-refractivity contribution < 1.29 is 9.18 Å². The van der Waals surface area contributed by atoms with Crippen LogP contribution in [-0.4, -0.2) is 5.78 Å². The molecule has 1 rings (SSSR count). The zero-order chi connectivity index (χ0) is 11.1. The minimum absolute atomic E-state index is 0.525. The molecule has 0 aromatic heterocycles. The third-order valence-corrected chi connectivity index (χ3v) is 1.85. The molecule has 0 atom stereocenters. The van der Waals surface area contributed by atoms with Crippen molar-refractivity contribution in [2.45, 2.75) is 13.3 Å². The zero-order valence-electron chi connectivity index (χ0n) is 8.61. The van der Waals surface area contributed by atoms with Crippen LogP contribution in [0.3, 0.4) is 0 Å². The Hall–Kier alpha value is -1.70. The zero-order valence-corrected chi connectivity index (χ0v) is 8.61. The first-order chi connectivity index (χ1) is 7.24. The minimum atomic E-state index is -0.690.